The van der Waals surface area contributed by atoms with Gasteiger partial charge in [-0.15, -0.1) is 0 Å². The minimum absolute atomic E-state index is 0.0869. The lowest BCUT2D eigenvalue weighted by atomic mass is 9.86. The monoisotopic (exact) mass is 469 g/mol. The molecular weight excluding hydrogens is 414 g/mol. The highest BCUT2D eigenvalue weighted by Gasteiger charge is 2.40. The van der Waals surface area contributed by atoms with Crippen molar-refractivity contribution in [2.75, 3.05) is 19.7 Å². The molecule has 0 amide bonds. The van der Waals surface area contributed by atoms with Crippen molar-refractivity contribution in [3.8, 4) is 0 Å². The fourth-order valence-corrected chi connectivity index (χ4v) is 3.50. The Morgan fingerprint density at radius 1 is 1.33 bits per heavy atom. The second-order valence-electron chi connectivity index (χ2n) is 8.33. The summed E-state index contributed by atoms with van der Waals surface area (Å²) in [6.07, 6.45) is 1.55. The quantitative estimate of drug-likeness (QED) is 0.213. The number of hydroxylamine groups is 2. The average molecular weight is 470 g/mol. The summed E-state index contributed by atoms with van der Waals surface area (Å²) in [5.41, 5.74) is -2.23. The molecule has 5 heteroatoms. The first-order valence-electron chi connectivity index (χ1n) is 17.8. The number of ether oxygens (including phenoxy) is 2. The maximum Gasteiger partial charge on any atom is 0.205 e. The van der Waals surface area contributed by atoms with Gasteiger partial charge in [0, 0.05) is 41.3 Å². The molecule has 1 heterocycles. The van der Waals surface area contributed by atoms with Gasteiger partial charge in [0.1, 0.15) is 11.5 Å². The van der Waals surface area contributed by atoms with Crippen molar-refractivity contribution in [2.24, 2.45) is 5.89 Å². The van der Waals surface area contributed by atoms with Gasteiger partial charge in [-0.05, 0) is 50.6 Å². The molecule has 1 aliphatic carbocycles. The summed E-state index contributed by atoms with van der Waals surface area (Å²) in [6.45, 7) is -7.06. The Hall–Kier alpha value is -1.66. The van der Waals surface area contributed by atoms with Gasteiger partial charge >= 0.3 is 0 Å². The third kappa shape index (κ3) is 7.68. The van der Waals surface area contributed by atoms with E-state index in [0.717, 1.165) is 30.4 Å². The smallest absolute Gasteiger partial charge is 0.205 e. The first kappa shape index (κ1) is 14.0. The molecule has 33 heavy (non-hydrogen) atoms. The van der Waals surface area contributed by atoms with Gasteiger partial charge in [0.2, 0.25) is 5.79 Å². The lowest BCUT2D eigenvalue weighted by Gasteiger charge is -2.43. The Balaban J connectivity index is 1.99. The standard InChI is InChI=1S/C28H43NO4/c1-5-6-7-12-19-29(32-20-13-11-16-23-14-9-8-10-15-23)28(4,30)25-17-18-26-24(21-25)22-31-27(2,3)33-26/h8-10,14-15,18,21,25,30H,5-7,11-13,16-17,19-20,22H2,1-4H3/i2D2,3D3,17D,18D,20D2,21D,22D,25D. The molecule has 5 nitrogen and oxygen atoms in total. The van der Waals surface area contributed by atoms with Gasteiger partial charge in [-0.2, -0.15) is 5.06 Å². The van der Waals surface area contributed by atoms with Gasteiger partial charge in [0.15, 0.2) is 0 Å². The van der Waals surface area contributed by atoms with Crippen molar-refractivity contribution >= 4 is 0 Å². The van der Waals surface area contributed by atoms with Crippen LogP contribution in [-0.4, -0.2) is 41.4 Å². The molecule has 5 unspecified atom stereocenters. The van der Waals surface area contributed by atoms with Crippen LogP contribution in [0.5, 0.6) is 0 Å². The van der Waals surface area contributed by atoms with Crippen molar-refractivity contribution < 1.29 is 35.9 Å². The van der Waals surface area contributed by atoms with E-state index in [9.17, 15) is 6.48 Å². The SMILES string of the molecule is [2H]C1=C2OC(C([2H])[2H])(C([2H])([2H])[2H])OC([2H])C2=C([2H])C([2H])(C(C)(O)N(CCCCCC)OC([2H])([2H])CCCc2ccccc2)C1[2H]. The number of unbranched alkanes of at least 4 members (excludes halogenated alkanes) is 3. The number of nitrogens with zero attached hydrogens (tertiary/aromatic N) is 1. The van der Waals surface area contributed by atoms with Crippen LogP contribution in [0, 0.1) is 5.89 Å². The van der Waals surface area contributed by atoms with Gasteiger partial charge in [0.05, 0.1) is 20.0 Å². The van der Waals surface area contributed by atoms with E-state index in [1.54, 1.807) is 0 Å². The van der Waals surface area contributed by atoms with E-state index < -0.39 is 74.1 Å². The van der Waals surface area contributed by atoms with Gasteiger partial charge in [-0.25, -0.2) is 0 Å². The summed E-state index contributed by atoms with van der Waals surface area (Å²) in [6, 6.07) is 7.72. The molecule has 1 aromatic rings. The van der Waals surface area contributed by atoms with Crippen LogP contribution in [0.15, 0.2) is 53.8 Å². The molecule has 1 fully saturated rings. The first-order chi connectivity index (χ1) is 20.8. The zero-order chi connectivity index (χ0) is 34.0. The number of allylic oxidation sites excluding steroid dienone is 1. The summed E-state index contributed by atoms with van der Waals surface area (Å²) in [4.78, 5) is 5.74. The number of hydrogen-bond donors (Lipinski definition) is 1. The van der Waals surface area contributed by atoms with Gasteiger partial charge in [-0.1, -0.05) is 62.6 Å². The highest BCUT2D eigenvalue weighted by molar-refractivity contribution is 5.33. The molecule has 0 spiro atoms. The second-order valence-corrected chi connectivity index (χ2v) is 8.33. The van der Waals surface area contributed by atoms with Gasteiger partial charge < -0.3 is 14.6 Å². The number of rotatable bonds is 13. The fourth-order valence-electron chi connectivity index (χ4n) is 3.50. The third-order valence-corrected chi connectivity index (χ3v) is 5.44. The Bertz CT molecular complexity index is 1230. The first-order valence-corrected chi connectivity index (χ1v) is 11.5. The number of aryl methyl sites for hydroxylation is 1. The largest absolute Gasteiger partial charge is 0.463 e. The lowest BCUT2D eigenvalue weighted by Crippen LogP contribution is -2.52. The van der Waals surface area contributed by atoms with Crippen molar-refractivity contribution in [1.82, 2.24) is 5.06 Å². The molecule has 0 bridgehead atoms. The summed E-state index contributed by atoms with van der Waals surface area (Å²) in [5.74, 6) is -6.52. The van der Waals surface area contributed by atoms with Crippen LogP contribution in [-0.2, 0) is 20.7 Å². The van der Waals surface area contributed by atoms with E-state index in [1.807, 2.05) is 37.3 Å². The lowest BCUT2D eigenvalue weighted by molar-refractivity contribution is -0.301. The van der Waals surface area contributed by atoms with Crippen LogP contribution in [0.1, 0.15) is 94.5 Å². The van der Waals surface area contributed by atoms with Crippen molar-refractivity contribution in [3.63, 3.8) is 0 Å². The molecule has 1 saturated heterocycles. The van der Waals surface area contributed by atoms with Crippen LogP contribution < -0.4 is 0 Å². The molecule has 0 aromatic heterocycles. The molecule has 1 N–H and O–H groups in total. The number of aliphatic hydroxyl groups is 1. The molecule has 0 radical (unpaired) electrons. The number of hydrogen-bond acceptors (Lipinski definition) is 5. The second kappa shape index (κ2) is 12.2. The zero-order valence-electron chi connectivity index (χ0n) is 31.4. The highest BCUT2D eigenvalue weighted by atomic mass is 16.7. The maximum atomic E-state index is 12.0. The fraction of sp³-hybridized carbons (Fsp3) is 0.643. The summed E-state index contributed by atoms with van der Waals surface area (Å²) < 4.78 is 111. The Morgan fingerprint density at radius 3 is 2.94 bits per heavy atom. The summed E-state index contributed by atoms with van der Waals surface area (Å²) in [7, 11) is 0. The van der Waals surface area contributed by atoms with Crippen LogP contribution >= 0.6 is 0 Å². The van der Waals surface area contributed by atoms with E-state index in [-0.39, 0.29) is 13.0 Å². The van der Waals surface area contributed by atoms with E-state index >= 15 is 0 Å². The summed E-state index contributed by atoms with van der Waals surface area (Å²) in [5, 5.41) is 12.9. The molecule has 1 aromatic carbocycles. The predicted octanol–water partition coefficient (Wildman–Crippen LogP) is 6.14. The van der Waals surface area contributed by atoms with Crippen molar-refractivity contribution in [3.05, 3.63) is 59.3 Å². The van der Waals surface area contributed by atoms with E-state index in [0.29, 0.717) is 25.7 Å². The zero-order valence-corrected chi connectivity index (χ0v) is 19.4. The molecule has 1 aliphatic heterocycles. The molecule has 3 rings (SSSR count). The van der Waals surface area contributed by atoms with E-state index in [4.69, 9.17) is 29.4 Å². The van der Waals surface area contributed by atoms with Crippen LogP contribution in [0.2, 0.25) is 0 Å². The van der Waals surface area contributed by atoms with Gasteiger partial charge in [0.25, 0.3) is 0 Å². The van der Waals surface area contributed by atoms with E-state index in [2.05, 4.69) is 0 Å². The number of fused-ring (bicyclic) bond motifs is 1. The van der Waals surface area contributed by atoms with Crippen LogP contribution in [0.4, 0.5) is 0 Å². The topological polar surface area (TPSA) is 51.2 Å². The third-order valence-electron chi connectivity index (χ3n) is 5.44. The van der Waals surface area contributed by atoms with Gasteiger partial charge in [-0.3, -0.25) is 4.84 Å². The molecule has 184 valence electrons. The predicted molar refractivity (Wildman–Crippen MR) is 132 cm³/mol. The molecule has 2 aliphatic rings. The highest BCUT2D eigenvalue weighted by Crippen LogP contribution is 2.38. The molecule has 5 atom stereocenters. The van der Waals surface area contributed by atoms with Crippen molar-refractivity contribution in [1.29, 1.82) is 0 Å². The molecule has 0 saturated carbocycles. The Morgan fingerprint density at radius 2 is 2.18 bits per heavy atom. The minimum Gasteiger partial charge on any atom is -0.463 e. The van der Waals surface area contributed by atoms with Crippen LogP contribution in [0.3, 0.4) is 0 Å². The Labute approximate surface area is 217 Å². The summed E-state index contributed by atoms with van der Waals surface area (Å²) >= 11 is 0. The van der Waals surface area contributed by atoms with Crippen molar-refractivity contribution in [2.45, 2.75) is 90.4 Å². The Kier molecular flexibility index (Phi) is 5.17. The van der Waals surface area contributed by atoms with Crippen LogP contribution in [0.25, 0.3) is 0 Å². The van der Waals surface area contributed by atoms with E-state index in [1.165, 1.54) is 0 Å². The average Bonchev–Trinajstić information content (AvgIpc) is 2.95. The number of benzene rings is 1. The maximum absolute atomic E-state index is 12.0. The normalized spacial score (nSPS) is 38.0. The minimum atomic E-state index is -3.27. The molecular formula is C28H43NO4.